The molecule has 1 aromatic carbocycles. The van der Waals surface area contributed by atoms with Crippen molar-refractivity contribution in [3.63, 3.8) is 0 Å². The van der Waals surface area contributed by atoms with Gasteiger partial charge in [-0.2, -0.15) is 4.98 Å². The fraction of sp³-hybridized carbons (Fsp3) is 0.455. The van der Waals surface area contributed by atoms with Gasteiger partial charge in [0.05, 0.1) is 24.8 Å². The highest BCUT2D eigenvalue weighted by molar-refractivity contribution is 5.77. The second-order valence-corrected chi connectivity index (χ2v) is 8.63. The Morgan fingerprint density at radius 2 is 1.82 bits per heavy atom. The molecule has 1 aliphatic carbocycles. The SMILES string of the molecule is O=C(O)[C@H]1CC[C@H](Nc2ncc3nc(Nc4c(F)cc(F)cc4F)n([C@@H]4CCOC4)c3n2)CC1. The third-order valence-corrected chi connectivity index (χ3v) is 6.36. The quantitative estimate of drug-likeness (QED) is 0.489. The summed E-state index contributed by atoms with van der Waals surface area (Å²) in [5.41, 5.74) is 0.355. The highest BCUT2D eigenvalue weighted by Gasteiger charge is 2.28. The highest BCUT2D eigenvalue weighted by Crippen LogP contribution is 2.32. The largest absolute Gasteiger partial charge is 0.481 e. The minimum absolute atomic E-state index is 0.0410. The van der Waals surface area contributed by atoms with Crippen LogP contribution in [0.3, 0.4) is 0 Å². The maximum absolute atomic E-state index is 14.3. The molecule has 12 heteroatoms. The number of imidazole rings is 1. The summed E-state index contributed by atoms with van der Waals surface area (Å²) in [6, 6.07) is 1.06. The van der Waals surface area contributed by atoms with E-state index in [1.165, 1.54) is 6.20 Å². The van der Waals surface area contributed by atoms with Gasteiger partial charge in [0.1, 0.15) is 17.0 Å². The third-order valence-electron chi connectivity index (χ3n) is 6.36. The van der Waals surface area contributed by atoms with Gasteiger partial charge in [0, 0.05) is 24.8 Å². The van der Waals surface area contributed by atoms with Gasteiger partial charge in [-0.1, -0.05) is 0 Å². The van der Waals surface area contributed by atoms with Gasteiger partial charge in [-0.05, 0) is 32.1 Å². The van der Waals surface area contributed by atoms with Crippen LogP contribution in [0.25, 0.3) is 11.2 Å². The summed E-state index contributed by atoms with van der Waals surface area (Å²) in [5.74, 6) is -3.77. The summed E-state index contributed by atoms with van der Waals surface area (Å²) < 4.78 is 49.1. The fourth-order valence-corrected chi connectivity index (χ4v) is 4.56. The zero-order valence-electron chi connectivity index (χ0n) is 18.1. The number of nitrogens with zero attached hydrogens (tertiary/aromatic N) is 4. The lowest BCUT2D eigenvalue weighted by Gasteiger charge is -2.26. The van der Waals surface area contributed by atoms with Crippen LogP contribution in [0.15, 0.2) is 18.3 Å². The molecular weight excluding hydrogens is 453 g/mol. The Morgan fingerprint density at radius 1 is 1.09 bits per heavy atom. The standard InChI is InChI=1S/C22H23F3N6O3/c23-12-7-15(24)18(16(25)8-12)29-22-28-17-9-26-21(27-13-3-1-11(2-4-13)20(32)33)30-19(17)31(22)14-5-6-34-10-14/h7-9,11,13-14H,1-6,10H2,(H,28,29)(H,32,33)(H,26,27,30)/t11-,13-,14-/m1/s1. The molecule has 2 aromatic heterocycles. The highest BCUT2D eigenvalue weighted by atomic mass is 19.1. The van der Waals surface area contributed by atoms with Crippen LogP contribution >= 0.6 is 0 Å². The number of hydrogen-bond donors (Lipinski definition) is 3. The topological polar surface area (TPSA) is 114 Å². The summed E-state index contributed by atoms with van der Waals surface area (Å²) in [6.45, 7) is 0.895. The minimum Gasteiger partial charge on any atom is -0.481 e. The van der Waals surface area contributed by atoms with Crippen LogP contribution < -0.4 is 10.6 Å². The second kappa shape index (κ2) is 9.09. The summed E-state index contributed by atoms with van der Waals surface area (Å²) >= 11 is 0. The Hall–Kier alpha value is -3.41. The molecule has 2 aliphatic rings. The Bertz CT molecular complexity index is 1200. The van der Waals surface area contributed by atoms with Crippen molar-refractivity contribution in [3.05, 3.63) is 35.8 Å². The molecule has 3 heterocycles. The molecule has 1 saturated carbocycles. The molecule has 34 heavy (non-hydrogen) atoms. The molecule has 1 saturated heterocycles. The molecule has 1 atom stereocenters. The zero-order valence-corrected chi connectivity index (χ0v) is 18.1. The molecule has 180 valence electrons. The van der Waals surface area contributed by atoms with Gasteiger partial charge in [0.25, 0.3) is 0 Å². The lowest BCUT2D eigenvalue weighted by Crippen LogP contribution is -2.29. The maximum atomic E-state index is 14.3. The predicted octanol–water partition coefficient (Wildman–Crippen LogP) is 4.00. The first-order chi connectivity index (χ1) is 16.4. The number of carbonyl (C=O) groups is 1. The van der Waals surface area contributed by atoms with Gasteiger partial charge >= 0.3 is 5.97 Å². The number of nitrogens with one attached hydrogen (secondary N) is 2. The smallest absolute Gasteiger partial charge is 0.306 e. The van der Waals surface area contributed by atoms with Crippen LogP contribution in [0.4, 0.5) is 30.8 Å². The molecule has 3 N–H and O–H groups in total. The number of anilines is 3. The van der Waals surface area contributed by atoms with Crippen LogP contribution in [-0.4, -0.2) is 49.9 Å². The summed E-state index contributed by atoms with van der Waals surface area (Å²) in [7, 11) is 0. The first kappa shape index (κ1) is 22.4. The van der Waals surface area contributed by atoms with E-state index in [0.29, 0.717) is 74.6 Å². The van der Waals surface area contributed by atoms with E-state index in [2.05, 4.69) is 25.6 Å². The second-order valence-electron chi connectivity index (χ2n) is 8.63. The van der Waals surface area contributed by atoms with Crippen molar-refractivity contribution in [1.82, 2.24) is 19.5 Å². The number of hydrogen-bond acceptors (Lipinski definition) is 7. The van der Waals surface area contributed by atoms with E-state index in [1.54, 1.807) is 4.57 Å². The van der Waals surface area contributed by atoms with Gasteiger partial charge in [0.2, 0.25) is 11.9 Å². The fourth-order valence-electron chi connectivity index (χ4n) is 4.56. The number of fused-ring (bicyclic) bond motifs is 1. The Morgan fingerprint density at radius 3 is 2.47 bits per heavy atom. The third kappa shape index (κ3) is 4.37. The van der Waals surface area contributed by atoms with Crippen LogP contribution in [0.1, 0.15) is 38.1 Å². The Labute approximate surface area is 192 Å². The van der Waals surface area contributed by atoms with Gasteiger partial charge in [-0.3, -0.25) is 9.36 Å². The number of halogens is 3. The molecule has 0 amide bonds. The number of benzene rings is 1. The maximum Gasteiger partial charge on any atom is 0.306 e. The van der Waals surface area contributed by atoms with Gasteiger partial charge in [0.15, 0.2) is 17.3 Å². The number of ether oxygens (including phenoxy) is 1. The molecule has 0 spiro atoms. The van der Waals surface area contributed by atoms with Crippen molar-refractivity contribution in [2.75, 3.05) is 23.8 Å². The summed E-state index contributed by atoms with van der Waals surface area (Å²) in [6.07, 6.45) is 4.70. The lowest BCUT2D eigenvalue weighted by molar-refractivity contribution is -0.142. The average molecular weight is 476 g/mol. The number of carboxylic acids is 1. The Balaban J connectivity index is 1.46. The number of rotatable bonds is 6. The van der Waals surface area contributed by atoms with E-state index in [4.69, 9.17) is 4.74 Å². The summed E-state index contributed by atoms with van der Waals surface area (Å²) in [4.78, 5) is 24.5. The van der Waals surface area contributed by atoms with Crippen molar-refractivity contribution in [1.29, 1.82) is 0 Å². The van der Waals surface area contributed by atoms with E-state index in [1.807, 2.05) is 0 Å². The van der Waals surface area contributed by atoms with E-state index in [9.17, 15) is 23.1 Å². The van der Waals surface area contributed by atoms with Crippen LogP contribution in [-0.2, 0) is 9.53 Å². The molecule has 5 rings (SSSR count). The first-order valence-electron chi connectivity index (χ1n) is 11.1. The Kier molecular flexibility index (Phi) is 5.98. The van der Waals surface area contributed by atoms with Crippen LogP contribution in [0.2, 0.25) is 0 Å². The molecule has 3 aromatic rings. The van der Waals surface area contributed by atoms with Crippen molar-refractivity contribution in [3.8, 4) is 0 Å². The molecule has 0 radical (unpaired) electrons. The first-order valence-corrected chi connectivity index (χ1v) is 11.1. The number of aliphatic carboxylic acids is 1. The molecule has 0 bridgehead atoms. The number of carboxylic acid groups (broad SMARTS) is 1. The average Bonchev–Trinajstić information content (AvgIpc) is 3.43. The lowest BCUT2D eigenvalue weighted by atomic mass is 9.86. The monoisotopic (exact) mass is 476 g/mol. The molecular formula is C22H23F3N6O3. The van der Waals surface area contributed by atoms with Gasteiger partial charge in [-0.15, -0.1) is 0 Å². The molecule has 1 aliphatic heterocycles. The van der Waals surface area contributed by atoms with Crippen molar-refractivity contribution in [2.24, 2.45) is 5.92 Å². The van der Waals surface area contributed by atoms with Crippen molar-refractivity contribution >= 4 is 34.7 Å². The zero-order chi connectivity index (χ0) is 23.8. The number of aromatic nitrogens is 4. The van der Waals surface area contributed by atoms with Gasteiger partial charge < -0.3 is 20.5 Å². The van der Waals surface area contributed by atoms with E-state index < -0.39 is 29.1 Å². The van der Waals surface area contributed by atoms with Gasteiger partial charge in [-0.25, -0.2) is 23.1 Å². The van der Waals surface area contributed by atoms with E-state index >= 15 is 0 Å². The van der Waals surface area contributed by atoms with Crippen molar-refractivity contribution in [2.45, 2.75) is 44.2 Å². The summed E-state index contributed by atoms with van der Waals surface area (Å²) in [5, 5.41) is 15.1. The minimum atomic E-state index is -1.08. The molecule has 9 nitrogen and oxygen atoms in total. The molecule has 2 fully saturated rings. The molecule has 0 unspecified atom stereocenters. The van der Waals surface area contributed by atoms with E-state index in [0.717, 1.165) is 0 Å². The normalized spacial score (nSPS) is 22.7. The van der Waals surface area contributed by atoms with Crippen LogP contribution in [0.5, 0.6) is 0 Å². The predicted molar refractivity (Wildman–Crippen MR) is 116 cm³/mol. The van der Waals surface area contributed by atoms with Crippen molar-refractivity contribution < 1.29 is 27.8 Å². The van der Waals surface area contributed by atoms with E-state index in [-0.39, 0.29) is 23.9 Å². The van der Waals surface area contributed by atoms with Crippen LogP contribution in [0, 0.1) is 23.4 Å².